The molecule has 0 aliphatic heterocycles. The molecular weight excluding hydrogens is 460 g/mol. The number of hydrogen-bond acceptors (Lipinski definition) is 1. The standard InChI is InChI=1S/C17H7Br3O/c18-14-10-6-3-7-11-12(10)13(15(19)16(14)20)8-4-1-2-5-9(8)17(11)21/h1-7H. The molecule has 0 amide bonds. The summed E-state index contributed by atoms with van der Waals surface area (Å²) in [5.74, 6) is 0.0878. The van der Waals surface area contributed by atoms with E-state index < -0.39 is 0 Å². The number of hydrogen-bond donors (Lipinski definition) is 0. The third kappa shape index (κ3) is 1.76. The van der Waals surface area contributed by atoms with Gasteiger partial charge in [-0.05, 0) is 58.7 Å². The fraction of sp³-hybridized carbons (Fsp3) is 0. The van der Waals surface area contributed by atoms with E-state index in [-0.39, 0.29) is 5.78 Å². The highest BCUT2D eigenvalue weighted by Gasteiger charge is 2.28. The van der Waals surface area contributed by atoms with Gasteiger partial charge in [0.05, 0.1) is 0 Å². The number of halogens is 3. The van der Waals surface area contributed by atoms with Gasteiger partial charge in [-0.1, -0.05) is 42.5 Å². The second kappa shape index (κ2) is 4.77. The van der Waals surface area contributed by atoms with Gasteiger partial charge in [0.2, 0.25) is 0 Å². The number of rotatable bonds is 0. The van der Waals surface area contributed by atoms with Crippen LogP contribution in [-0.4, -0.2) is 5.78 Å². The second-order valence-corrected chi connectivity index (χ2v) is 7.30. The van der Waals surface area contributed by atoms with Crippen molar-refractivity contribution in [1.82, 2.24) is 0 Å². The van der Waals surface area contributed by atoms with Gasteiger partial charge < -0.3 is 0 Å². The first-order valence-electron chi connectivity index (χ1n) is 6.34. The van der Waals surface area contributed by atoms with Crippen molar-refractivity contribution in [2.24, 2.45) is 0 Å². The normalized spacial score (nSPS) is 12.6. The van der Waals surface area contributed by atoms with Crippen LogP contribution < -0.4 is 0 Å². The summed E-state index contributed by atoms with van der Waals surface area (Å²) in [4.78, 5) is 12.8. The van der Waals surface area contributed by atoms with Crippen LogP contribution in [0.5, 0.6) is 0 Å². The zero-order valence-electron chi connectivity index (χ0n) is 10.6. The van der Waals surface area contributed by atoms with E-state index in [0.29, 0.717) is 0 Å². The third-order valence-corrected chi connectivity index (χ3v) is 7.32. The second-order valence-electron chi connectivity index (χ2n) is 4.92. The van der Waals surface area contributed by atoms with Gasteiger partial charge in [0.1, 0.15) is 0 Å². The maximum absolute atomic E-state index is 12.8. The highest BCUT2D eigenvalue weighted by atomic mass is 79.9. The molecule has 0 bridgehead atoms. The predicted molar refractivity (Wildman–Crippen MR) is 95.9 cm³/mol. The fourth-order valence-electron chi connectivity index (χ4n) is 2.92. The minimum absolute atomic E-state index is 0.0878. The van der Waals surface area contributed by atoms with Gasteiger partial charge in [-0.15, -0.1) is 0 Å². The van der Waals surface area contributed by atoms with Gasteiger partial charge in [0.25, 0.3) is 0 Å². The minimum Gasteiger partial charge on any atom is -0.289 e. The molecule has 1 aliphatic rings. The van der Waals surface area contributed by atoms with E-state index in [0.717, 1.165) is 46.4 Å². The van der Waals surface area contributed by atoms with Crippen LogP contribution in [0.1, 0.15) is 15.9 Å². The zero-order valence-corrected chi connectivity index (χ0v) is 15.3. The van der Waals surface area contributed by atoms with Gasteiger partial charge in [0.15, 0.2) is 5.78 Å². The molecule has 0 saturated heterocycles. The van der Waals surface area contributed by atoms with Crippen LogP contribution in [-0.2, 0) is 0 Å². The molecule has 0 fully saturated rings. The van der Waals surface area contributed by atoms with Crippen molar-refractivity contribution in [3.8, 4) is 11.1 Å². The summed E-state index contributed by atoms with van der Waals surface area (Å²) in [6, 6.07) is 13.6. The molecule has 102 valence electrons. The number of fused-ring (bicyclic) bond motifs is 2. The van der Waals surface area contributed by atoms with E-state index in [1.165, 1.54) is 0 Å². The molecule has 0 saturated carbocycles. The molecule has 0 unspecified atom stereocenters. The van der Waals surface area contributed by atoms with E-state index >= 15 is 0 Å². The third-order valence-electron chi connectivity index (χ3n) is 3.84. The summed E-state index contributed by atoms with van der Waals surface area (Å²) in [5.41, 5.74) is 3.57. The lowest BCUT2D eigenvalue weighted by Gasteiger charge is -2.22. The van der Waals surface area contributed by atoms with Crippen molar-refractivity contribution in [2.75, 3.05) is 0 Å². The zero-order chi connectivity index (χ0) is 14.7. The number of benzene rings is 3. The largest absolute Gasteiger partial charge is 0.289 e. The van der Waals surface area contributed by atoms with Gasteiger partial charge in [-0.25, -0.2) is 0 Å². The highest BCUT2D eigenvalue weighted by molar-refractivity contribution is 9.14. The summed E-state index contributed by atoms with van der Waals surface area (Å²) in [6.07, 6.45) is 0. The molecule has 4 heteroatoms. The number of carbonyl (C=O) groups is 1. The Morgan fingerprint density at radius 2 is 1.33 bits per heavy atom. The molecule has 1 nitrogen and oxygen atoms in total. The Hall–Kier alpha value is -0.970. The molecule has 1 aliphatic carbocycles. The lowest BCUT2D eigenvalue weighted by molar-refractivity contribution is 0.104. The van der Waals surface area contributed by atoms with E-state index in [1.54, 1.807) is 0 Å². The molecule has 3 aromatic rings. The maximum Gasteiger partial charge on any atom is 0.194 e. The van der Waals surface area contributed by atoms with E-state index in [1.807, 2.05) is 42.5 Å². The molecule has 0 heterocycles. The van der Waals surface area contributed by atoms with Crippen LogP contribution in [0, 0.1) is 0 Å². The van der Waals surface area contributed by atoms with Crippen molar-refractivity contribution in [3.05, 3.63) is 67.0 Å². The molecule has 0 spiro atoms. The van der Waals surface area contributed by atoms with Crippen LogP contribution in [0.3, 0.4) is 0 Å². The Morgan fingerprint density at radius 3 is 2.10 bits per heavy atom. The van der Waals surface area contributed by atoms with Crippen LogP contribution in [0.2, 0.25) is 0 Å². The minimum atomic E-state index is 0.0878. The van der Waals surface area contributed by atoms with Crippen molar-refractivity contribution in [2.45, 2.75) is 0 Å². The molecule has 0 radical (unpaired) electrons. The lowest BCUT2D eigenvalue weighted by atomic mass is 9.83. The monoisotopic (exact) mass is 464 g/mol. The summed E-state index contributed by atoms with van der Waals surface area (Å²) < 4.78 is 2.89. The topological polar surface area (TPSA) is 17.1 Å². The Kier molecular flexibility index (Phi) is 3.10. The SMILES string of the molecule is O=C1c2ccccc2-c2c(Br)c(Br)c(Br)c3cccc1c23. The summed E-state index contributed by atoms with van der Waals surface area (Å²) in [7, 11) is 0. The first kappa shape index (κ1) is 13.7. The Balaban J connectivity index is 2.34. The van der Waals surface area contributed by atoms with E-state index in [9.17, 15) is 4.79 Å². The lowest BCUT2D eigenvalue weighted by Crippen LogP contribution is -2.10. The first-order valence-corrected chi connectivity index (χ1v) is 8.72. The maximum atomic E-state index is 12.8. The van der Waals surface area contributed by atoms with Crippen LogP contribution in [0.4, 0.5) is 0 Å². The van der Waals surface area contributed by atoms with Crippen molar-refractivity contribution >= 4 is 64.3 Å². The fourth-order valence-corrected chi connectivity index (χ4v) is 4.74. The summed E-state index contributed by atoms with van der Waals surface area (Å²) in [6.45, 7) is 0. The summed E-state index contributed by atoms with van der Waals surface area (Å²) >= 11 is 10.9. The van der Waals surface area contributed by atoms with Crippen LogP contribution in [0.25, 0.3) is 21.9 Å². The summed E-state index contributed by atoms with van der Waals surface area (Å²) in [5, 5.41) is 2.04. The highest BCUT2D eigenvalue weighted by Crippen LogP contribution is 2.49. The molecular formula is C17H7Br3O. The Labute approximate surface area is 146 Å². The molecule has 4 rings (SSSR count). The van der Waals surface area contributed by atoms with Crippen molar-refractivity contribution in [3.63, 3.8) is 0 Å². The smallest absolute Gasteiger partial charge is 0.194 e. The Bertz CT molecular complexity index is 944. The quantitative estimate of drug-likeness (QED) is 0.276. The number of ketones is 1. The van der Waals surface area contributed by atoms with E-state index in [2.05, 4.69) is 47.8 Å². The average Bonchev–Trinajstić information content (AvgIpc) is 2.52. The Morgan fingerprint density at radius 1 is 0.667 bits per heavy atom. The molecule has 21 heavy (non-hydrogen) atoms. The molecule has 0 atom stereocenters. The molecule has 0 aromatic heterocycles. The molecule has 3 aromatic carbocycles. The van der Waals surface area contributed by atoms with Gasteiger partial charge in [0, 0.05) is 35.5 Å². The van der Waals surface area contributed by atoms with Crippen molar-refractivity contribution in [1.29, 1.82) is 0 Å². The van der Waals surface area contributed by atoms with Crippen molar-refractivity contribution < 1.29 is 4.79 Å². The first-order chi connectivity index (χ1) is 10.1. The van der Waals surface area contributed by atoms with Gasteiger partial charge in [-0.2, -0.15) is 0 Å². The average molecular weight is 467 g/mol. The predicted octanol–water partition coefficient (Wildman–Crippen LogP) is 6.34. The van der Waals surface area contributed by atoms with E-state index in [4.69, 9.17) is 0 Å². The van der Waals surface area contributed by atoms with Crippen LogP contribution >= 0.6 is 47.8 Å². The molecule has 0 N–H and O–H groups in total. The van der Waals surface area contributed by atoms with Crippen LogP contribution in [0.15, 0.2) is 55.9 Å². The van der Waals surface area contributed by atoms with Gasteiger partial charge in [-0.3, -0.25) is 4.79 Å². The number of carbonyl (C=O) groups excluding carboxylic acids is 1. The van der Waals surface area contributed by atoms with Gasteiger partial charge >= 0.3 is 0 Å².